The zero-order chi connectivity index (χ0) is 15.2. The zero-order valence-electron chi connectivity index (χ0n) is 11.6. The molecular formula is C11H17N5O5. The number of methoxy groups -OCH3 is 1. The first-order valence-corrected chi connectivity index (χ1v) is 6.37. The largest absolute Gasteiger partial charge is 0.453 e. The maximum absolute atomic E-state index is 12.2. The SMILES string of the molecule is COC(=O)Nc1cnn(CC(=O)N2CCOCC2CO)n1. The molecule has 10 heteroatoms. The molecule has 0 aromatic carbocycles. The molecule has 0 radical (unpaired) electrons. The number of hydrogen-bond donors (Lipinski definition) is 2. The number of carbonyl (C=O) groups is 2. The van der Waals surface area contributed by atoms with Crippen LogP contribution in [0.25, 0.3) is 0 Å². The molecule has 0 aliphatic carbocycles. The molecule has 0 bridgehead atoms. The number of nitrogens with one attached hydrogen (secondary N) is 1. The number of aliphatic hydroxyl groups excluding tert-OH is 1. The van der Waals surface area contributed by atoms with Crippen molar-refractivity contribution in [1.82, 2.24) is 19.9 Å². The standard InChI is InChI=1S/C11H17N5O5/c1-20-11(19)13-9-4-12-16(14-9)5-10(18)15-2-3-21-7-8(15)6-17/h4,8,17H,2-3,5-7H2,1H3,(H,13,14,19). The highest BCUT2D eigenvalue weighted by atomic mass is 16.5. The van der Waals surface area contributed by atoms with Crippen LogP contribution in [0, 0.1) is 0 Å². The van der Waals surface area contributed by atoms with Gasteiger partial charge in [0.1, 0.15) is 6.54 Å². The third-order valence-corrected chi connectivity index (χ3v) is 2.99. The van der Waals surface area contributed by atoms with Crippen molar-refractivity contribution in [1.29, 1.82) is 0 Å². The number of hydrogen-bond acceptors (Lipinski definition) is 7. The van der Waals surface area contributed by atoms with Crippen molar-refractivity contribution in [2.24, 2.45) is 0 Å². The van der Waals surface area contributed by atoms with E-state index in [-0.39, 0.29) is 30.9 Å². The summed E-state index contributed by atoms with van der Waals surface area (Å²) in [7, 11) is 1.23. The third-order valence-electron chi connectivity index (χ3n) is 2.99. The summed E-state index contributed by atoms with van der Waals surface area (Å²) in [6, 6.07) is -0.352. The van der Waals surface area contributed by atoms with Gasteiger partial charge in [-0.05, 0) is 0 Å². The van der Waals surface area contributed by atoms with Crippen LogP contribution < -0.4 is 5.32 Å². The molecule has 1 saturated heterocycles. The van der Waals surface area contributed by atoms with E-state index in [9.17, 15) is 14.7 Å². The minimum atomic E-state index is -0.665. The van der Waals surface area contributed by atoms with Crippen LogP contribution in [0.1, 0.15) is 0 Å². The van der Waals surface area contributed by atoms with Crippen LogP contribution >= 0.6 is 0 Å². The summed E-state index contributed by atoms with van der Waals surface area (Å²) >= 11 is 0. The summed E-state index contributed by atoms with van der Waals surface area (Å²) in [5.74, 6) is -0.0343. The molecule has 1 fully saturated rings. The predicted octanol–water partition coefficient (Wildman–Crippen LogP) is -1.32. The zero-order valence-corrected chi connectivity index (χ0v) is 11.6. The molecule has 1 unspecified atom stereocenters. The van der Waals surface area contributed by atoms with E-state index in [1.54, 1.807) is 4.90 Å². The minimum Gasteiger partial charge on any atom is -0.453 e. The Kier molecular flexibility index (Phi) is 5.06. The van der Waals surface area contributed by atoms with E-state index in [1.165, 1.54) is 13.3 Å². The fourth-order valence-electron chi connectivity index (χ4n) is 1.93. The number of rotatable bonds is 4. The number of amides is 2. The second-order valence-corrected chi connectivity index (χ2v) is 4.38. The van der Waals surface area contributed by atoms with Crippen molar-refractivity contribution in [2.45, 2.75) is 12.6 Å². The molecule has 10 nitrogen and oxygen atoms in total. The average molecular weight is 299 g/mol. The lowest BCUT2D eigenvalue weighted by Gasteiger charge is -2.34. The van der Waals surface area contributed by atoms with Gasteiger partial charge in [-0.3, -0.25) is 10.1 Å². The van der Waals surface area contributed by atoms with Gasteiger partial charge in [-0.1, -0.05) is 0 Å². The Labute approximate surface area is 120 Å². The Morgan fingerprint density at radius 3 is 3.14 bits per heavy atom. The van der Waals surface area contributed by atoms with Gasteiger partial charge in [-0.25, -0.2) is 4.79 Å². The monoisotopic (exact) mass is 299 g/mol. The Balaban J connectivity index is 1.94. The fourth-order valence-corrected chi connectivity index (χ4v) is 1.93. The van der Waals surface area contributed by atoms with Gasteiger partial charge in [0.2, 0.25) is 5.91 Å². The minimum absolute atomic E-state index is 0.0840. The number of morpholine rings is 1. The molecule has 0 saturated carbocycles. The molecule has 0 spiro atoms. The number of ether oxygens (including phenoxy) is 2. The van der Waals surface area contributed by atoms with E-state index in [1.807, 2.05) is 0 Å². The highest BCUT2D eigenvalue weighted by Gasteiger charge is 2.27. The lowest BCUT2D eigenvalue weighted by atomic mass is 10.2. The maximum atomic E-state index is 12.2. The molecule has 1 aliphatic heterocycles. The molecule has 2 amide bonds. The molecule has 2 rings (SSSR count). The van der Waals surface area contributed by atoms with Gasteiger partial charge in [0.25, 0.3) is 0 Å². The first-order chi connectivity index (χ1) is 10.1. The maximum Gasteiger partial charge on any atom is 0.412 e. The molecular weight excluding hydrogens is 282 g/mol. The van der Waals surface area contributed by atoms with Crippen molar-refractivity contribution in [3.63, 3.8) is 0 Å². The highest BCUT2D eigenvalue weighted by molar-refractivity contribution is 5.82. The van der Waals surface area contributed by atoms with Crippen molar-refractivity contribution >= 4 is 17.8 Å². The van der Waals surface area contributed by atoms with Gasteiger partial charge in [0.15, 0.2) is 5.82 Å². The number of aliphatic hydroxyl groups is 1. The average Bonchev–Trinajstić information content (AvgIpc) is 2.93. The Morgan fingerprint density at radius 2 is 2.43 bits per heavy atom. The molecule has 2 N–H and O–H groups in total. The lowest BCUT2D eigenvalue weighted by molar-refractivity contribution is -0.142. The van der Waals surface area contributed by atoms with Crippen LogP contribution in [0.5, 0.6) is 0 Å². The van der Waals surface area contributed by atoms with Crippen LogP contribution in [-0.2, 0) is 20.8 Å². The van der Waals surface area contributed by atoms with Crippen LogP contribution in [0.2, 0.25) is 0 Å². The molecule has 21 heavy (non-hydrogen) atoms. The first-order valence-electron chi connectivity index (χ1n) is 6.37. The van der Waals surface area contributed by atoms with Crippen molar-refractivity contribution in [3.05, 3.63) is 6.20 Å². The van der Waals surface area contributed by atoms with Gasteiger partial charge < -0.3 is 19.5 Å². The molecule has 2 heterocycles. The van der Waals surface area contributed by atoms with Crippen LogP contribution in [0.4, 0.5) is 10.6 Å². The van der Waals surface area contributed by atoms with Gasteiger partial charge in [0.05, 0.1) is 39.2 Å². The number of nitrogens with zero attached hydrogens (tertiary/aromatic N) is 4. The lowest BCUT2D eigenvalue weighted by Crippen LogP contribution is -2.51. The van der Waals surface area contributed by atoms with E-state index >= 15 is 0 Å². The smallest absolute Gasteiger partial charge is 0.412 e. The summed E-state index contributed by atoms with van der Waals surface area (Å²) in [4.78, 5) is 25.9. The normalized spacial score (nSPS) is 18.4. The van der Waals surface area contributed by atoms with Gasteiger partial charge in [-0.2, -0.15) is 9.90 Å². The summed E-state index contributed by atoms with van der Waals surface area (Å²) in [5.41, 5.74) is 0. The van der Waals surface area contributed by atoms with E-state index in [0.29, 0.717) is 19.8 Å². The molecule has 1 atom stereocenters. The van der Waals surface area contributed by atoms with Crippen LogP contribution in [0.15, 0.2) is 6.20 Å². The first kappa shape index (κ1) is 15.2. The fraction of sp³-hybridized carbons (Fsp3) is 0.636. The second-order valence-electron chi connectivity index (χ2n) is 4.38. The van der Waals surface area contributed by atoms with E-state index in [2.05, 4.69) is 20.3 Å². The third kappa shape index (κ3) is 3.89. The summed E-state index contributed by atoms with van der Waals surface area (Å²) < 4.78 is 9.63. The number of carbonyl (C=O) groups excluding carboxylic acids is 2. The van der Waals surface area contributed by atoms with Crippen molar-refractivity contribution < 1.29 is 24.2 Å². The van der Waals surface area contributed by atoms with E-state index in [4.69, 9.17) is 4.74 Å². The van der Waals surface area contributed by atoms with Crippen molar-refractivity contribution in [2.75, 3.05) is 38.8 Å². The van der Waals surface area contributed by atoms with Gasteiger partial charge >= 0.3 is 6.09 Å². The Morgan fingerprint density at radius 1 is 1.62 bits per heavy atom. The van der Waals surface area contributed by atoms with Gasteiger partial charge in [0, 0.05) is 6.54 Å². The second kappa shape index (κ2) is 6.99. The van der Waals surface area contributed by atoms with Crippen LogP contribution in [0.3, 0.4) is 0 Å². The molecule has 1 aliphatic rings. The summed E-state index contributed by atoms with van der Waals surface area (Å²) in [6.07, 6.45) is 0.648. The molecule has 1 aromatic heterocycles. The van der Waals surface area contributed by atoms with E-state index in [0.717, 1.165) is 4.80 Å². The van der Waals surface area contributed by atoms with Crippen LogP contribution in [-0.4, -0.2) is 76.5 Å². The highest BCUT2D eigenvalue weighted by Crippen LogP contribution is 2.08. The Bertz CT molecular complexity index is 505. The summed E-state index contributed by atoms with van der Waals surface area (Å²) in [5, 5.41) is 19.4. The van der Waals surface area contributed by atoms with Crippen molar-refractivity contribution in [3.8, 4) is 0 Å². The molecule has 1 aromatic rings. The number of aromatic nitrogens is 3. The predicted molar refractivity (Wildman–Crippen MR) is 69.5 cm³/mol. The quantitative estimate of drug-likeness (QED) is 0.707. The summed E-state index contributed by atoms with van der Waals surface area (Å²) in [6.45, 7) is 0.916. The molecule has 116 valence electrons. The van der Waals surface area contributed by atoms with E-state index < -0.39 is 6.09 Å². The number of anilines is 1. The van der Waals surface area contributed by atoms with Gasteiger partial charge in [-0.15, -0.1) is 5.10 Å². The topological polar surface area (TPSA) is 119 Å². The Hall–Kier alpha value is -2.20.